The van der Waals surface area contributed by atoms with E-state index in [2.05, 4.69) is 5.32 Å². The third kappa shape index (κ3) is 5.55. The molecule has 0 saturated heterocycles. The Balaban J connectivity index is 1.96. The molecule has 2 rings (SSSR count). The Morgan fingerprint density at radius 3 is 2.28 bits per heavy atom. The molecule has 6 heteroatoms. The monoisotopic (exact) mass is 381 g/mol. The minimum absolute atomic E-state index is 0.0553. The smallest absolute Gasteiger partial charge is 0.220 e. The molecular weight excluding hydrogens is 361 g/mol. The van der Waals surface area contributed by atoms with Gasteiger partial charge in [-0.15, -0.1) is 0 Å². The summed E-state index contributed by atoms with van der Waals surface area (Å²) in [6, 6.07) is 10.6. The molecular formula is C19H21Cl2NO3. The number of halogens is 2. The van der Waals surface area contributed by atoms with Crippen molar-refractivity contribution in [1.82, 2.24) is 5.32 Å². The first-order valence-corrected chi connectivity index (χ1v) is 8.64. The molecule has 1 unspecified atom stereocenters. The summed E-state index contributed by atoms with van der Waals surface area (Å²) in [5.74, 6) is 1.35. The zero-order valence-electron chi connectivity index (χ0n) is 14.4. The number of rotatable bonds is 7. The van der Waals surface area contributed by atoms with Crippen LogP contribution in [0, 0.1) is 0 Å². The number of methoxy groups -OCH3 is 2. The lowest BCUT2D eigenvalue weighted by Gasteiger charge is -2.16. The molecule has 0 bridgehead atoms. The zero-order chi connectivity index (χ0) is 18.4. The van der Waals surface area contributed by atoms with E-state index in [-0.39, 0.29) is 11.9 Å². The van der Waals surface area contributed by atoms with Crippen LogP contribution in [0.1, 0.15) is 30.5 Å². The largest absolute Gasteiger partial charge is 0.497 e. The molecule has 0 aliphatic rings. The van der Waals surface area contributed by atoms with Gasteiger partial charge in [-0.2, -0.15) is 0 Å². The zero-order valence-corrected chi connectivity index (χ0v) is 15.9. The second kappa shape index (κ2) is 8.97. The first kappa shape index (κ1) is 19.4. The number of hydrogen-bond acceptors (Lipinski definition) is 3. The van der Waals surface area contributed by atoms with E-state index >= 15 is 0 Å². The van der Waals surface area contributed by atoms with Crippen molar-refractivity contribution in [3.05, 3.63) is 57.6 Å². The lowest BCUT2D eigenvalue weighted by Crippen LogP contribution is -2.27. The Bertz CT molecular complexity index is 727. The van der Waals surface area contributed by atoms with Crippen LogP contribution in [0.4, 0.5) is 0 Å². The van der Waals surface area contributed by atoms with Crippen molar-refractivity contribution in [2.45, 2.75) is 25.8 Å². The predicted octanol–water partition coefficient (Wildman–Crippen LogP) is 4.82. The van der Waals surface area contributed by atoms with Gasteiger partial charge in [-0.1, -0.05) is 29.3 Å². The fourth-order valence-corrected chi connectivity index (χ4v) is 3.08. The van der Waals surface area contributed by atoms with Gasteiger partial charge in [-0.25, -0.2) is 0 Å². The molecule has 0 aliphatic heterocycles. The highest BCUT2D eigenvalue weighted by atomic mass is 35.5. The first-order valence-electron chi connectivity index (χ1n) is 7.89. The number of aryl methyl sites for hydroxylation is 1. The molecule has 0 spiro atoms. The molecule has 4 nitrogen and oxygen atoms in total. The van der Waals surface area contributed by atoms with Crippen LogP contribution in [0.3, 0.4) is 0 Å². The van der Waals surface area contributed by atoms with Crippen molar-refractivity contribution in [2.24, 2.45) is 0 Å². The lowest BCUT2D eigenvalue weighted by molar-refractivity contribution is -0.121. The lowest BCUT2D eigenvalue weighted by atomic mass is 10.1. The predicted molar refractivity (Wildman–Crippen MR) is 101 cm³/mol. The van der Waals surface area contributed by atoms with E-state index in [1.54, 1.807) is 32.4 Å². The van der Waals surface area contributed by atoms with Crippen LogP contribution in [0.2, 0.25) is 10.0 Å². The van der Waals surface area contributed by atoms with E-state index in [9.17, 15) is 4.79 Å². The maximum atomic E-state index is 12.2. The first-order chi connectivity index (χ1) is 11.9. The molecule has 0 aliphatic carbocycles. The molecule has 1 atom stereocenters. The topological polar surface area (TPSA) is 47.6 Å². The summed E-state index contributed by atoms with van der Waals surface area (Å²) < 4.78 is 10.5. The Morgan fingerprint density at radius 1 is 1.08 bits per heavy atom. The summed E-state index contributed by atoms with van der Waals surface area (Å²) in [6.07, 6.45) is 0.937. The van der Waals surface area contributed by atoms with E-state index in [0.29, 0.717) is 34.4 Å². The number of hydrogen-bond donors (Lipinski definition) is 1. The fraction of sp³-hybridized carbons (Fsp3) is 0.316. The number of amides is 1. The third-order valence-electron chi connectivity index (χ3n) is 3.86. The highest BCUT2D eigenvalue weighted by Crippen LogP contribution is 2.26. The van der Waals surface area contributed by atoms with Crippen LogP contribution >= 0.6 is 23.2 Å². The Morgan fingerprint density at radius 2 is 1.72 bits per heavy atom. The van der Waals surface area contributed by atoms with Gasteiger partial charge in [0.25, 0.3) is 0 Å². The van der Waals surface area contributed by atoms with E-state index < -0.39 is 0 Å². The van der Waals surface area contributed by atoms with Gasteiger partial charge >= 0.3 is 0 Å². The molecule has 25 heavy (non-hydrogen) atoms. The molecule has 0 saturated carbocycles. The summed E-state index contributed by atoms with van der Waals surface area (Å²) in [5, 5.41) is 4.06. The Kier molecular flexibility index (Phi) is 6.97. The van der Waals surface area contributed by atoms with Crippen LogP contribution < -0.4 is 14.8 Å². The normalized spacial score (nSPS) is 11.7. The molecule has 2 aromatic carbocycles. The van der Waals surface area contributed by atoms with Gasteiger partial charge < -0.3 is 14.8 Å². The maximum absolute atomic E-state index is 12.2. The third-order valence-corrected chi connectivity index (χ3v) is 4.42. The van der Waals surface area contributed by atoms with Gasteiger partial charge in [-0.05, 0) is 48.7 Å². The molecule has 0 fully saturated rings. The molecule has 1 amide bonds. The number of carbonyl (C=O) groups excluding carboxylic acids is 1. The number of nitrogens with one attached hydrogen (secondary N) is 1. The van der Waals surface area contributed by atoms with Crippen LogP contribution in [-0.4, -0.2) is 20.1 Å². The van der Waals surface area contributed by atoms with Crippen molar-refractivity contribution < 1.29 is 14.3 Å². The molecule has 2 aromatic rings. The number of benzene rings is 2. The SMILES string of the molecule is COc1cc(CCC(=O)NC(C)c2ccc(Cl)cc2Cl)cc(OC)c1. The Hall–Kier alpha value is -1.91. The molecule has 0 heterocycles. The standard InChI is InChI=1S/C19H21Cl2NO3/c1-12(17-6-5-14(20)10-18(17)21)22-19(23)7-4-13-8-15(24-2)11-16(9-13)25-3/h5-6,8-12H,4,7H2,1-3H3,(H,22,23). The van der Waals surface area contributed by atoms with Gasteiger partial charge in [0.05, 0.1) is 20.3 Å². The molecule has 134 valence electrons. The van der Waals surface area contributed by atoms with Gasteiger partial charge in [0, 0.05) is 22.5 Å². The van der Waals surface area contributed by atoms with Crippen molar-refractivity contribution in [1.29, 1.82) is 0 Å². The second-order valence-electron chi connectivity index (χ2n) is 5.68. The summed E-state index contributed by atoms with van der Waals surface area (Å²) in [4.78, 5) is 12.2. The number of ether oxygens (including phenoxy) is 2. The summed E-state index contributed by atoms with van der Waals surface area (Å²) >= 11 is 12.1. The summed E-state index contributed by atoms with van der Waals surface area (Å²) in [5.41, 5.74) is 1.81. The van der Waals surface area contributed by atoms with E-state index in [4.69, 9.17) is 32.7 Å². The van der Waals surface area contributed by atoms with Crippen LogP contribution in [0.15, 0.2) is 36.4 Å². The highest BCUT2D eigenvalue weighted by molar-refractivity contribution is 6.35. The average Bonchev–Trinajstić information content (AvgIpc) is 2.59. The van der Waals surface area contributed by atoms with Crippen LogP contribution in [0.25, 0.3) is 0 Å². The van der Waals surface area contributed by atoms with E-state index in [0.717, 1.165) is 11.1 Å². The summed E-state index contributed by atoms with van der Waals surface area (Å²) in [7, 11) is 3.20. The fourth-order valence-electron chi connectivity index (χ4n) is 2.51. The second-order valence-corrected chi connectivity index (χ2v) is 6.52. The minimum Gasteiger partial charge on any atom is -0.497 e. The van der Waals surface area contributed by atoms with Crippen molar-refractivity contribution in [3.8, 4) is 11.5 Å². The van der Waals surface area contributed by atoms with Crippen molar-refractivity contribution in [3.63, 3.8) is 0 Å². The van der Waals surface area contributed by atoms with Crippen molar-refractivity contribution in [2.75, 3.05) is 14.2 Å². The van der Waals surface area contributed by atoms with E-state index in [1.165, 1.54) is 0 Å². The molecule has 0 radical (unpaired) electrons. The Labute approximate surface area is 158 Å². The van der Waals surface area contributed by atoms with Gasteiger partial charge in [0.15, 0.2) is 0 Å². The summed E-state index contributed by atoms with van der Waals surface area (Å²) in [6.45, 7) is 1.89. The maximum Gasteiger partial charge on any atom is 0.220 e. The highest BCUT2D eigenvalue weighted by Gasteiger charge is 2.13. The molecule has 0 aromatic heterocycles. The quantitative estimate of drug-likeness (QED) is 0.747. The van der Waals surface area contributed by atoms with Gasteiger partial charge in [0.2, 0.25) is 5.91 Å². The van der Waals surface area contributed by atoms with Crippen LogP contribution in [-0.2, 0) is 11.2 Å². The van der Waals surface area contributed by atoms with Crippen molar-refractivity contribution >= 4 is 29.1 Å². The minimum atomic E-state index is -0.197. The van der Waals surface area contributed by atoms with E-state index in [1.807, 2.05) is 25.1 Å². The van der Waals surface area contributed by atoms with Crippen LogP contribution in [0.5, 0.6) is 11.5 Å². The molecule has 1 N–H and O–H groups in total. The number of carbonyl (C=O) groups is 1. The van der Waals surface area contributed by atoms with Gasteiger partial charge in [-0.3, -0.25) is 4.79 Å². The van der Waals surface area contributed by atoms with Gasteiger partial charge in [0.1, 0.15) is 11.5 Å². The average molecular weight is 382 g/mol.